The highest BCUT2D eigenvalue weighted by atomic mass is 32.2. The molecule has 0 aliphatic heterocycles. The molecule has 7 nitrogen and oxygen atoms in total. The second-order valence-electron chi connectivity index (χ2n) is 6.17. The largest absolute Gasteiger partial charge is 0.497 e. The average molecular weight is 413 g/mol. The van der Waals surface area contributed by atoms with Crippen LogP contribution in [0.4, 0.5) is 0 Å². The first-order valence-electron chi connectivity index (χ1n) is 8.33. The Bertz CT molecular complexity index is 864. The molecule has 1 aromatic carbocycles. The van der Waals surface area contributed by atoms with Crippen molar-refractivity contribution in [1.29, 1.82) is 0 Å². The van der Waals surface area contributed by atoms with Gasteiger partial charge in [-0.3, -0.25) is 4.79 Å². The summed E-state index contributed by atoms with van der Waals surface area (Å²) in [5, 5.41) is 4.45. The minimum Gasteiger partial charge on any atom is -0.497 e. The van der Waals surface area contributed by atoms with Crippen molar-refractivity contribution >= 4 is 27.3 Å². The van der Waals surface area contributed by atoms with Gasteiger partial charge in [0, 0.05) is 12.1 Å². The van der Waals surface area contributed by atoms with Gasteiger partial charge < -0.3 is 14.8 Å². The van der Waals surface area contributed by atoms with E-state index in [-0.39, 0.29) is 16.7 Å². The van der Waals surface area contributed by atoms with Crippen LogP contribution >= 0.6 is 11.3 Å². The van der Waals surface area contributed by atoms with Crippen LogP contribution in [-0.2, 0) is 21.4 Å². The summed E-state index contributed by atoms with van der Waals surface area (Å²) in [5.41, 5.74) is 0.730. The number of carbonyl (C=O) groups excluding carboxylic acids is 1. The summed E-state index contributed by atoms with van der Waals surface area (Å²) in [6.07, 6.45) is 0. The number of hydrogen-bond donors (Lipinski definition) is 2. The number of nitrogens with one attached hydrogen (secondary N) is 2. The zero-order valence-corrected chi connectivity index (χ0v) is 17.3. The molecule has 0 aliphatic carbocycles. The summed E-state index contributed by atoms with van der Waals surface area (Å²) in [7, 11) is -0.655. The van der Waals surface area contributed by atoms with Crippen LogP contribution in [0.2, 0.25) is 0 Å². The second-order valence-corrected chi connectivity index (χ2v) is 9.06. The number of hydrogen-bond acceptors (Lipinski definition) is 6. The lowest BCUT2D eigenvalue weighted by Crippen LogP contribution is -2.49. The first-order chi connectivity index (χ1) is 12.8. The van der Waals surface area contributed by atoms with E-state index in [1.165, 1.54) is 6.07 Å². The summed E-state index contributed by atoms with van der Waals surface area (Å²) in [6.45, 7) is 3.75. The van der Waals surface area contributed by atoms with Gasteiger partial charge in [0.1, 0.15) is 21.8 Å². The van der Waals surface area contributed by atoms with Gasteiger partial charge >= 0.3 is 0 Å². The quantitative estimate of drug-likeness (QED) is 0.660. The van der Waals surface area contributed by atoms with Crippen molar-refractivity contribution in [2.45, 2.75) is 30.6 Å². The Morgan fingerprint density at radius 2 is 1.93 bits per heavy atom. The summed E-state index contributed by atoms with van der Waals surface area (Å²) >= 11 is 1.10. The third-order valence-electron chi connectivity index (χ3n) is 3.93. The fourth-order valence-electron chi connectivity index (χ4n) is 2.45. The summed E-state index contributed by atoms with van der Waals surface area (Å²) in [6, 6.07) is 7.53. The van der Waals surface area contributed by atoms with Crippen molar-refractivity contribution in [2.75, 3.05) is 14.2 Å². The van der Waals surface area contributed by atoms with E-state index in [0.29, 0.717) is 11.5 Å². The molecular weight excluding hydrogens is 388 g/mol. The van der Waals surface area contributed by atoms with Gasteiger partial charge in [0.25, 0.3) is 10.0 Å². The lowest BCUT2D eigenvalue weighted by molar-refractivity contribution is -0.123. The van der Waals surface area contributed by atoms with Crippen LogP contribution in [-0.4, -0.2) is 34.6 Å². The van der Waals surface area contributed by atoms with Crippen LogP contribution in [0.15, 0.2) is 39.9 Å². The van der Waals surface area contributed by atoms with Crippen molar-refractivity contribution in [3.05, 3.63) is 41.3 Å². The monoisotopic (exact) mass is 412 g/mol. The van der Waals surface area contributed by atoms with Gasteiger partial charge in [0.15, 0.2) is 0 Å². The molecule has 2 rings (SSSR count). The predicted octanol–water partition coefficient (Wildman–Crippen LogP) is 2.38. The second kappa shape index (κ2) is 9.20. The molecule has 0 saturated heterocycles. The van der Waals surface area contributed by atoms with Crippen LogP contribution in [0.25, 0.3) is 0 Å². The lowest BCUT2D eigenvalue weighted by Gasteiger charge is -2.21. The Balaban J connectivity index is 2.12. The van der Waals surface area contributed by atoms with Crippen LogP contribution in [0.3, 0.4) is 0 Å². The van der Waals surface area contributed by atoms with Gasteiger partial charge in [0.05, 0.1) is 14.2 Å². The highest BCUT2D eigenvalue weighted by Crippen LogP contribution is 2.24. The summed E-state index contributed by atoms with van der Waals surface area (Å²) in [5.74, 6) is 0.608. The Morgan fingerprint density at radius 1 is 1.19 bits per heavy atom. The van der Waals surface area contributed by atoms with Gasteiger partial charge in [-0.1, -0.05) is 19.9 Å². The van der Waals surface area contributed by atoms with Crippen molar-refractivity contribution in [3.8, 4) is 11.5 Å². The molecule has 2 N–H and O–H groups in total. The number of benzene rings is 1. The normalized spacial score (nSPS) is 12.6. The van der Waals surface area contributed by atoms with Gasteiger partial charge in [-0.15, -0.1) is 11.3 Å². The molecule has 0 fully saturated rings. The maximum atomic E-state index is 12.7. The van der Waals surface area contributed by atoms with Crippen LogP contribution < -0.4 is 19.5 Å². The van der Waals surface area contributed by atoms with Crippen molar-refractivity contribution < 1.29 is 22.7 Å². The maximum absolute atomic E-state index is 12.7. The molecule has 0 radical (unpaired) electrons. The van der Waals surface area contributed by atoms with Gasteiger partial charge in [-0.05, 0) is 35.6 Å². The third-order valence-corrected chi connectivity index (χ3v) is 6.77. The molecule has 0 saturated carbocycles. The predicted molar refractivity (Wildman–Crippen MR) is 105 cm³/mol. The number of carbonyl (C=O) groups is 1. The van der Waals surface area contributed by atoms with E-state index < -0.39 is 22.0 Å². The van der Waals surface area contributed by atoms with E-state index in [4.69, 9.17) is 9.47 Å². The maximum Gasteiger partial charge on any atom is 0.250 e. The molecule has 9 heteroatoms. The van der Waals surface area contributed by atoms with E-state index in [2.05, 4.69) is 10.0 Å². The van der Waals surface area contributed by atoms with E-state index in [1.807, 2.05) is 0 Å². The summed E-state index contributed by atoms with van der Waals surface area (Å²) in [4.78, 5) is 12.7. The topological polar surface area (TPSA) is 93.7 Å². The Hall–Kier alpha value is -2.10. The van der Waals surface area contributed by atoms with E-state index in [1.54, 1.807) is 57.7 Å². The van der Waals surface area contributed by atoms with Crippen LogP contribution in [0.5, 0.6) is 11.5 Å². The van der Waals surface area contributed by atoms with Crippen molar-refractivity contribution in [2.24, 2.45) is 5.92 Å². The number of sulfonamides is 1. The highest BCUT2D eigenvalue weighted by molar-refractivity contribution is 7.91. The standard InChI is InChI=1S/C18H24N2O5S2/c1-12(2)17(20-27(22,23)16-6-5-9-26-16)18(21)19-11-13-10-14(24-3)7-8-15(13)25-4/h5-10,12,17,20H,11H2,1-4H3,(H,19,21). The Morgan fingerprint density at radius 3 is 2.48 bits per heavy atom. The number of amides is 1. The number of methoxy groups -OCH3 is 2. The van der Waals surface area contributed by atoms with E-state index >= 15 is 0 Å². The molecule has 27 heavy (non-hydrogen) atoms. The fraction of sp³-hybridized carbons (Fsp3) is 0.389. The third kappa shape index (κ3) is 5.44. The highest BCUT2D eigenvalue weighted by Gasteiger charge is 2.28. The average Bonchev–Trinajstić information content (AvgIpc) is 3.19. The van der Waals surface area contributed by atoms with Crippen LogP contribution in [0.1, 0.15) is 19.4 Å². The zero-order valence-electron chi connectivity index (χ0n) is 15.7. The zero-order chi connectivity index (χ0) is 20.0. The fourth-order valence-corrected chi connectivity index (χ4v) is 4.80. The molecule has 0 aliphatic rings. The van der Waals surface area contributed by atoms with Gasteiger partial charge in [-0.2, -0.15) is 4.72 Å². The number of thiophene rings is 1. The molecule has 1 heterocycles. The first-order valence-corrected chi connectivity index (χ1v) is 10.7. The minimum absolute atomic E-state index is 0.176. The Labute approximate surface area is 163 Å². The van der Waals surface area contributed by atoms with Gasteiger partial charge in [0.2, 0.25) is 5.91 Å². The summed E-state index contributed by atoms with van der Waals surface area (Å²) < 4.78 is 38.1. The number of rotatable bonds is 9. The molecule has 0 spiro atoms. The molecule has 0 bridgehead atoms. The molecule has 1 aromatic heterocycles. The molecule has 1 unspecified atom stereocenters. The SMILES string of the molecule is COc1ccc(OC)c(CNC(=O)C(NS(=O)(=O)c2cccs2)C(C)C)c1. The first kappa shape index (κ1) is 21.2. The van der Waals surface area contributed by atoms with Gasteiger partial charge in [-0.25, -0.2) is 8.42 Å². The minimum atomic E-state index is -3.75. The Kier molecular flexibility index (Phi) is 7.23. The lowest BCUT2D eigenvalue weighted by atomic mass is 10.0. The molecule has 1 amide bonds. The smallest absolute Gasteiger partial charge is 0.250 e. The van der Waals surface area contributed by atoms with Crippen LogP contribution in [0, 0.1) is 5.92 Å². The molecule has 148 valence electrons. The molecule has 1 atom stereocenters. The van der Waals surface area contributed by atoms with E-state index in [9.17, 15) is 13.2 Å². The van der Waals surface area contributed by atoms with E-state index in [0.717, 1.165) is 16.9 Å². The van der Waals surface area contributed by atoms with Crippen molar-refractivity contribution in [1.82, 2.24) is 10.0 Å². The number of ether oxygens (including phenoxy) is 2. The molecular formula is C18H24N2O5S2. The van der Waals surface area contributed by atoms with Crippen molar-refractivity contribution in [3.63, 3.8) is 0 Å². The molecule has 2 aromatic rings.